The highest BCUT2D eigenvalue weighted by Gasteiger charge is 2.19. The summed E-state index contributed by atoms with van der Waals surface area (Å²) >= 11 is 0. The molecule has 0 aliphatic rings. The molecule has 0 bridgehead atoms. The van der Waals surface area contributed by atoms with Crippen molar-refractivity contribution in [1.82, 2.24) is 5.32 Å². The quantitative estimate of drug-likeness (QED) is 0.603. The lowest BCUT2D eigenvalue weighted by molar-refractivity contribution is -0.122. The second-order valence-electron chi connectivity index (χ2n) is 6.52. The van der Waals surface area contributed by atoms with Crippen LogP contribution in [0.25, 0.3) is 0 Å². The number of furan rings is 1. The second kappa shape index (κ2) is 9.59. The lowest BCUT2D eigenvalue weighted by Crippen LogP contribution is -2.32. The number of anilines is 1. The molecule has 0 radical (unpaired) electrons. The number of para-hydroxylation sites is 2. The summed E-state index contributed by atoms with van der Waals surface area (Å²) in [5, 5.41) is 5.58. The van der Waals surface area contributed by atoms with Gasteiger partial charge in [-0.1, -0.05) is 37.3 Å². The fourth-order valence-corrected chi connectivity index (χ4v) is 2.86. The second-order valence-corrected chi connectivity index (χ2v) is 6.52. The van der Waals surface area contributed by atoms with E-state index >= 15 is 0 Å². The van der Waals surface area contributed by atoms with Gasteiger partial charge in [0.15, 0.2) is 6.10 Å². The summed E-state index contributed by atoms with van der Waals surface area (Å²) in [4.78, 5) is 25.2. The summed E-state index contributed by atoms with van der Waals surface area (Å²) in [6.45, 7) is 3.98. The van der Waals surface area contributed by atoms with Crippen LogP contribution in [0.3, 0.4) is 0 Å². The monoisotopic (exact) mass is 392 g/mol. The third-order valence-corrected chi connectivity index (χ3v) is 4.46. The molecule has 6 heteroatoms. The van der Waals surface area contributed by atoms with Crippen molar-refractivity contribution >= 4 is 17.5 Å². The SMILES string of the molecule is CCc1ccccc1O[C@@H](C)C(=O)Nc1ccccc1C(=O)NCc1ccco1. The molecule has 1 atom stereocenters. The molecule has 1 heterocycles. The van der Waals surface area contributed by atoms with E-state index in [1.807, 2.05) is 31.2 Å². The molecule has 0 aliphatic heterocycles. The maximum atomic E-state index is 12.7. The molecule has 2 N–H and O–H groups in total. The van der Waals surface area contributed by atoms with Crippen molar-refractivity contribution in [3.05, 3.63) is 83.8 Å². The third kappa shape index (κ3) is 5.25. The van der Waals surface area contributed by atoms with E-state index in [0.717, 1.165) is 12.0 Å². The lowest BCUT2D eigenvalue weighted by Gasteiger charge is -2.18. The number of carbonyl (C=O) groups excluding carboxylic acids is 2. The number of hydrogen-bond acceptors (Lipinski definition) is 4. The van der Waals surface area contributed by atoms with Crippen molar-refractivity contribution in [2.24, 2.45) is 0 Å². The van der Waals surface area contributed by atoms with Crippen LogP contribution < -0.4 is 15.4 Å². The van der Waals surface area contributed by atoms with Crippen molar-refractivity contribution in [1.29, 1.82) is 0 Å². The van der Waals surface area contributed by atoms with Crippen LogP contribution in [-0.2, 0) is 17.8 Å². The van der Waals surface area contributed by atoms with Gasteiger partial charge in [0.2, 0.25) is 0 Å². The van der Waals surface area contributed by atoms with Gasteiger partial charge in [-0.25, -0.2) is 0 Å². The van der Waals surface area contributed by atoms with Gasteiger partial charge >= 0.3 is 0 Å². The Kier molecular flexibility index (Phi) is 6.68. The molecule has 0 saturated heterocycles. The van der Waals surface area contributed by atoms with Crippen molar-refractivity contribution < 1.29 is 18.7 Å². The van der Waals surface area contributed by atoms with Crippen LogP contribution in [0.1, 0.15) is 35.5 Å². The smallest absolute Gasteiger partial charge is 0.265 e. The Balaban J connectivity index is 1.66. The van der Waals surface area contributed by atoms with E-state index in [0.29, 0.717) is 22.8 Å². The number of hydrogen-bond donors (Lipinski definition) is 2. The average Bonchev–Trinajstić information content (AvgIpc) is 3.26. The van der Waals surface area contributed by atoms with Crippen LogP contribution in [0.2, 0.25) is 0 Å². The van der Waals surface area contributed by atoms with Gasteiger partial charge < -0.3 is 19.8 Å². The molecular formula is C23H24N2O4. The van der Waals surface area contributed by atoms with Crippen molar-refractivity contribution in [3.8, 4) is 5.75 Å². The van der Waals surface area contributed by atoms with E-state index in [2.05, 4.69) is 10.6 Å². The minimum atomic E-state index is -0.720. The maximum absolute atomic E-state index is 12.7. The standard InChI is InChI=1S/C23H24N2O4/c1-3-17-9-4-7-13-21(17)29-16(2)22(26)25-20-12-6-5-11-19(20)23(27)24-15-18-10-8-14-28-18/h4-14,16H,3,15H2,1-2H3,(H,24,27)(H,25,26)/t16-/m0/s1. The Labute approximate surface area is 169 Å². The predicted octanol–water partition coefficient (Wildman–Crippen LogP) is 4.18. The molecule has 2 amide bonds. The molecule has 3 rings (SSSR count). The summed E-state index contributed by atoms with van der Waals surface area (Å²) < 4.78 is 11.1. The number of ether oxygens (including phenoxy) is 1. The van der Waals surface area contributed by atoms with Crippen LogP contribution >= 0.6 is 0 Å². The fraction of sp³-hybridized carbons (Fsp3) is 0.217. The largest absolute Gasteiger partial charge is 0.481 e. The molecule has 0 saturated carbocycles. The van der Waals surface area contributed by atoms with Gasteiger partial charge in [-0.05, 0) is 49.2 Å². The molecule has 0 aliphatic carbocycles. The van der Waals surface area contributed by atoms with E-state index < -0.39 is 6.10 Å². The Morgan fingerprint density at radius 1 is 1.03 bits per heavy atom. The minimum Gasteiger partial charge on any atom is -0.481 e. The van der Waals surface area contributed by atoms with Crippen LogP contribution in [0, 0.1) is 0 Å². The summed E-state index contributed by atoms with van der Waals surface area (Å²) in [6, 6.07) is 18.0. The summed E-state index contributed by atoms with van der Waals surface area (Å²) in [7, 11) is 0. The number of carbonyl (C=O) groups is 2. The van der Waals surface area contributed by atoms with E-state index in [4.69, 9.17) is 9.15 Å². The zero-order chi connectivity index (χ0) is 20.6. The van der Waals surface area contributed by atoms with Crippen molar-refractivity contribution in [2.45, 2.75) is 32.9 Å². The van der Waals surface area contributed by atoms with E-state index in [9.17, 15) is 9.59 Å². The molecule has 3 aromatic rings. The minimum absolute atomic E-state index is 0.265. The van der Waals surface area contributed by atoms with Gasteiger partial charge in [0.05, 0.1) is 24.1 Å². The number of aryl methyl sites for hydroxylation is 1. The molecule has 1 aromatic heterocycles. The first kappa shape index (κ1) is 20.2. The highest BCUT2D eigenvalue weighted by Crippen LogP contribution is 2.21. The zero-order valence-electron chi connectivity index (χ0n) is 16.5. The Morgan fingerprint density at radius 2 is 1.79 bits per heavy atom. The Bertz CT molecular complexity index is 967. The molecule has 2 aromatic carbocycles. The normalized spacial score (nSPS) is 11.5. The summed E-state index contributed by atoms with van der Waals surface area (Å²) in [6.07, 6.45) is 1.64. The predicted molar refractivity (Wildman–Crippen MR) is 111 cm³/mol. The molecule has 0 spiro atoms. The molecule has 0 fully saturated rings. The number of rotatable bonds is 8. The maximum Gasteiger partial charge on any atom is 0.265 e. The van der Waals surface area contributed by atoms with E-state index in [-0.39, 0.29) is 18.4 Å². The van der Waals surface area contributed by atoms with Crippen LogP contribution in [-0.4, -0.2) is 17.9 Å². The van der Waals surface area contributed by atoms with Gasteiger partial charge in [0.1, 0.15) is 11.5 Å². The highest BCUT2D eigenvalue weighted by molar-refractivity contribution is 6.04. The zero-order valence-corrected chi connectivity index (χ0v) is 16.5. The number of benzene rings is 2. The van der Waals surface area contributed by atoms with Crippen molar-refractivity contribution in [2.75, 3.05) is 5.32 Å². The molecule has 6 nitrogen and oxygen atoms in total. The first-order chi connectivity index (χ1) is 14.1. The van der Waals surface area contributed by atoms with Crippen LogP contribution in [0.15, 0.2) is 71.3 Å². The van der Waals surface area contributed by atoms with Crippen LogP contribution in [0.5, 0.6) is 5.75 Å². The van der Waals surface area contributed by atoms with Gasteiger partial charge in [-0.3, -0.25) is 9.59 Å². The first-order valence-electron chi connectivity index (χ1n) is 9.53. The molecule has 29 heavy (non-hydrogen) atoms. The van der Waals surface area contributed by atoms with Gasteiger partial charge in [0, 0.05) is 0 Å². The number of nitrogens with one attached hydrogen (secondary N) is 2. The topological polar surface area (TPSA) is 80.6 Å². The fourth-order valence-electron chi connectivity index (χ4n) is 2.86. The van der Waals surface area contributed by atoms with Crippen LogP contribution in [0.4, 0.5) is 5.69 Å². The Morgan fingerprint density at radius 3 is 2.55 bits per heavy atom. The number of amides is 2. The average molecular weight is 392 g/mol. The lowest BCUT2D eigenvalue weighted by atomic mass is 10.1. The van der Waals surface area contributed by atoms with Crippen molar-refractivity contribution in [3.63, 3.8) is 0 Å². The molecular weight excluding hydrogens is 368 g/mol. The summed E-state index contributed by atoms with van der Waals surface area (Å²) in [5.41, 5.74) is 1.83. The summed E-state index contributed by atoms with van der Waals surface area (Å²) in [5.74, 6) is 0.697. The highest BCUT2D eigenvalue weighted by atomic mass is 16.5. The van der Waals surface area contributed by atoms with E-state index in [1.54, 1.807) is 49.6 Å². The Hall–Kier alpha value is -3.54. The third-order valence-electron chi connectivity index (χ3n) is 4.46. The van der Waals surface area contributed by atoms with E-state index in [1.165, 1.54) is 0 Å². The molecule has 0 unspecified atom stereocenters. The molecule has 150 valence electrons. The van der Waals surface area contributed by atoms with Gasteiger partial charge in [-0.15, -0.1) is 0 Å². The van der Waals surface area contributed by atoms with Gasteiger partial charge in [-0.2, -0.15) is 0 Å². The first-order valence-corrected chi connectivity index (χ1v) is 9.53. The van der Waals surface area contributed by atoms with Gasteiger partial charge in [0.25, 0.3) is 11.8 Å².